The molecule has 1 aromatic rings. The number of hydrogen-bond donors (Lipinski definition) is 2. The molecule has 2 N–H and O–H groups in total. The number of aromatic carboxylic acids is 1. The number of carboxylic acids is 1. The Hall–Kier alpha value is -1.12. The van der Waals surface area contributed by atoms with Crippen LogP contribution in [0, 0.1) is 0 Å². The zero-order valence-corrected chi connectivity index (χ0v) is 10.7. The van der Waals surface area contributed by atoms with Crippen molar-refractivity contribution in [1.29, 1.82) is 0 Å². The summed E-state index contributed by atoms with van der Waals surface area (Å²) in [7, 11) is -5.04. The summed E-state index contributed by atoms with van der Waals surface area (Å²) in [5.41, 5.74) is -1.40. The number of halogens is 4. The highest BCUT2D eigenvalue weighted by molar-refractivity contribution is 7.93. The predicted octanol–water partition coefficient (Wildman–Crippen LogP) is 2.66. The molecule has 1 rings (SSSR count). The van der Waals surface area contributed by atoms with Crippen molar-refractivity contribution < 1.29 is 27.1 Å². The summed E-state index contributed by atoms with van der Waals surface area (Å²) < 4.78 is 47.7. The Morgan fingerprint density at radius 2 is 1.78 bits per heavy atom. The number of nitrogens with one attached hydrogen (secondary N) is 1. The van der Waals surface area contributed by atoms with Crippen molar-refractivity contribution in [2.75, 3.05) is 4.72 Å². The second-order valence-corrected chi connectivity index (χ2v) is 5.46. The molecule has 0 aliphatic rings. The number of benzene rings is 1. The Morgan fingerprint density at radius 1 is 1.28 bits per heavy atom. The molecule has 0 saturated carbocycles. The number of carbonyl (C=O) groups is 1. The van der Waals surface area contributed by atoms with Gasteiger partial charge in [-0.15, -0.1) is 0 Å². The van der Waals surface area contributed by atoms with Gasteiger partial charge in [-0.3, -0.25) is 4.72 Å². The number of rotatable bonds is 4. The summed E-state index contributed by atoms with van der Waals surface area (Å²) in [6.45, 7) is 0. The zero-order valence-electron chi connectivity index (χ0n) is 8.32. The van der Waals surface area contributed by atoms with Crippen molar-refractivity contribution in [3.05, 3.63) is 27.7 Å². The molecule has 0 spiro atoms. The molecule has 0 saturated heterocycles. The van der Waals surface area contributed by atoms with Gasteiger partial charge in [0.15, 0.2) is 0 Å². The molecule has 0 atom stereocenters. The minimum Gasteiger partial charge on any atom is -0.478 e. The smallest absolute Gasteiger partial charge is 0.355 e. The molecule has 0 fully saturated rings. The third-order valence-corrected chi connectivity index (χ3v) is 3.38. The molecule has 0 radical (unpaired) electrons. The van der Waals surface area contributed by atoms with Crippen LogP contribution in [-0.4, -0.2) is 25.3 Å². The fourth-order valence-electron chi connectivity index (χ4n) is 1.05. The van der Waals surface area contributed by atoms with Crippen LogP contribution in [0.4, 0.5) is 14.5 Å². The highest BCUT2D eigenvalue weighted by Crippen LogP contribution is 2.33. The summed E-state index contributed by atoms with van der Waals surface area (Å²) in [4.78, 5) is 10.9. The van der Waals surface area contributed by atoms with Crippen LogP contribution < -0.4 is 4.72 Å². The fourth-order valence-corrected chi connectivity index (χ4v) is 2.13. The third-order valence-electron chi connectivity index (χ3n) is 1.80. The van der Waals surface area contributed by atoms with Crippen molar-refractivity contribution in [3.63, 3.8) is 0 Å². The van der Waals surface area contributed by atoms with E-state index in [1.165, 1.54) is 4.72 Å². The molecule has 0 amide bonds. The minimum absolute atomic E-state index is 0.334. The zero-order chi connectivity index (χ0) is 14.1. The van der Waals surface area contributed by atoms with Crippen LogP contribution in [0.1, 0.15) is 10.4 Å². The quantitative estimate of drug-likeness (QED) is 0.893. The van der Waals surface area contributed by atoms with Crippen molar-refractivity contribution >= 4 is 44.9 Å². The second kappa shape index (κ2) is 5.25. The minimum atomic E-state index is -5.04. The molecule has 0 aliphatic carbocycles. The summed E-state index contributed by atoms with van der Waals surface area (Å²) in [5.74, 6) is -5.33. The van der Waals surface area contributed by atoms with Crippen LogP contribution in [0.25, 0.3) is 0 Å². The van der Waals surface area contributed by atoms with E-state index in [1.807, 2.05) is 0 Å². The summed E-state index contributed by atoms with van der Waals surface area (Å²) >= 11 is 11.1. The lowest BCUT2D eigenvalue weighted by Gasteiger charge is -2.12. The van der Waals surface area contributed by atoms with Crippen LogP contribution in [0.2, 0.25) is 10.0 Å². The molecule has 5 nitrogen and oxygen atoms in total. The topological polar surface area (TPSA) is 83.5 Å². The monoisotopic (exact) mass is 319 g/mol. The first-order chi connectivity index (χ1) is 8.16. The average molecular weight is 320 g/mol. The average Bonchev–Trinajstić information content (AvgIpc) is 2.22. The molecule has 18 heavy (non-hydrogen) atoms. The van der Waals surface area contributed by atoms with E-state index < -0.39 is 33.0 Å². The lowest BCUT2D eigenvalue weighted by molar-refractivity contribution is 0.0698. The number of alkyl halides is 2. The van der Waals surface area contributed by atoms with E-state index in [4.69, 9.17) is 28.3 Å². The van der Waals surface area contributed by atoms with E-state index in [0.29, 0.717) is 0 Å². The van der Waals surface area contributed by atoms with E-state index >= 15 is 0 Å². The molecule has 0 unspecified atom stereocenters. The Labute approximate surface area is 110 Å². The molecule has 100 valence electrons. The molecular formula is C8H5Cl2F2NO4S. The van der Waals surface area contributed by atoms with Gasteiger partial charge in [0.25, 0.3) is 10.0 Å². The van der Waals surface area contributed by atoms with Crippen LogP contribution in [0.5, 0.6) is 0 Å². The van der Waals surface area contributed by atoms with Crippen molar-refractivity contribution in [2.24, 2.45) is 0 Å². The van der Waals surface area contributed by atoms with Gasteiger partial charge in [0.1, 0.15) is 5.56 Å². The van der Waals surface area contributed by atoms with E-state index in [-0.39, 0.29) is 10.0 Å². The standard InChI is InChI=1S/C8H5Cl2F2NO4S/c9-3-1-2-4(10)6(5(3)7(14)15)13-18(16,17)8(11)12/h1-2,8,13H,(H,14,15). The lowest BCUT2D eigenvalue weighted by atomic mass is 10.2. The number of hydrogen-bond acceptors (Lipinski definition) is 3. The van der Waals surface area contributed by atoms with E-state index in [1.54, 1.807) is 0 Å². The van der Waals surface area contributed by atoms with Crippen molar-refractivity contribution in [2.45, 2.75) is 5.76 Å². The second-order valence-electron chi connectivity index (χ2n) is 2.99. The van der Waals surface area contributed by atoms with Gasteiger partial charge in [0, 0.05) is 0 Å². The van der Waals surface area contributed by atoms with Gasteiger partial charge in [-0.2, -0.15) is 8.78 Å². The number of carboxylic acid groups (broad SMARTS) is 1. The van der Waals surface area contributed by atoms with Crippen LogP contribution >= 0.6 is 23.2 Å². The summed E-state index contributed by atoms with van der Waals surface area (Å²) in [5, 5.41) is 8.15. The largest absolute Gasteiger partial charge is 0.478 e. The molecule has 0 aromatic heterocycles. The van der Waals surface area contributed by atoms with E-state index in [9.17, 15) is 22.0 Å². The summed E-state index contributed by atoms with van der Waals surface area (Å²) in [6.07, 6.45) is 0. The van der Waals surface area contributed by atoms with Crippen LogP contribution in [0.15, 0.2) is 12.1 Å². The first-order valence-electron chi connectivity index (χ1n) is 4.18. The number of anilines is 1. The van der Waals surface area contributed by atoms with Crippen LogP contribution in [0.3, 0.4) is 0 Å². The fraction of sp³-hybridized carbons (Fsp3) is 0.125. The van der Waals surface area contributed by atoms with Crippen LogP contribution in [-0.2, 0) is 10.0 Å². The molecule has 1 aromatic carbocycles. The summed E-state index contributed by atoms with van der Waals surface area (Å²) in [6, 6.07) is 2.19. The highest BCUT2D eigenvalue weighted by atomic mass is 35.5. The Bertz CT molecular complexity index is 591. The van der Waals surface area contributed by atoms with Gasteiger partial charge in [-0.25, -0.2) is 13.2 Å². The predicted molar refractivity (Wildman–Crippen MR) is 62.0 cm³/mol. The highest BCUT2D eigenvalue weighted by Gasteiger charge is 2.28. The first-order valence-corrected chi connectivity index (χ1v) is 6.48. The SMILES string of the molecule is O=C(O)c1c(Cl)ccc(Cl)c1NS(=O)(=O)C(F)F. The molecule has 0 heterocycles. The van der Waals surface area contributed by atoms with Gasteiger partial charge < -0.3 is 5.11 Å². The lowest BCUT2D eigenvalue weighted by Crippen LogP contribution is -2.22. The Balaban J connectivity index is 3.41. The maximum absolute atomic E-state index is 12.2. The molecule has 0 aliphatic heterocycles. The molecule has 0 bridgehead atoms. The van der Waals surface area contributed by atoms with Gasteiger partial charge in [0.2, 0.25) is 0 Å². The van der Waals surface area contributed by atoms with E-state index in [2.05, 4.69) is 0 Å². The maximum Gasteiger partial charge on any atom is 0.355 e. The van der Waals surface area contributed by atoms with Crippen molar-refractivity contribution in [1.82, 2.24) is 0 Å². The Morgan fingerprint density at radius 3 is 2.22 bits per heavy atom. The maximum atomic E-state index is 12.2. The van der Waals surface area contributed by atoms with Crippen molar-refractivity contribution in [3.8, 4) is 0 Å². The Kier molecular flexibility index (Phi) is 4.36. The first kappa shape index (κ1) is 14.9. The van der Waals surface area contributed by atoms with Gasteiger partial charge in [-0.05, 0) is 12.1 Å². The molecular weight excluding hydrogens is 315 g/mol. The third kappa shape index (κ3) is 3.01. The van der Waals surface area contributed by atoms with E-state index in [0.717, 1.165) is 12.1 Å². The molecule has 10 heteroatoms. The normalized spacial score (nSPS) is 11.6. The van der Waals surface area contributed by atoms with Gasteiger partial charge in [0.05, 0.1) is 15.7 Å². The van der Waals surface area contributed by atoms with Gasteiger partial charge >= 0.3 is 11.7 Å². The van der Waals surface area contributed by atoms with Gasteiger partial charge in [-0.1, -0.05) is 23.2 Å². The number of sulfonamides is 1.